The molecule has 1 unspecified atom stereocenters. The molecule has 17 heavy (non-hydrogen) atoms. The molecule has 0 amide bonds. The predicted molar refractivity (Wildman–Crippen MR) is 64.1 cm³/mol. The van der Waals surface area contributed by atoms with Crippen LogP contribution in [0.15, 0.2) is 12.1 Å². The molecule has 2 N–H and O–H groups in total. The van der Waals surface area contributed by atoms with Gasteiger partial charge in [0.2, 0.25) is 0 Å². The van der Waals surface area contributed by atoms with E-state index in [9.17, 15) is 0 Å². The normalized spacial score (nSPS) is 22.5. The summed E-state index contributed by atoms with van der Waals surface area (Å²) in [5.41, 5.74) is 7.36. The van der Waals surface area contributed by atoms with E-state index >= 15 is 0 Å². The van der Waals surface area contributed by atoms with Crippen molar-refractivity contribution in [2.45, 2.75) is 24.8 Å². The third kappa shape index (κ3) is 1.94. The first kappa shape index (κ1) is 11.7. The van der Waals surface area contributed by atoms with Crippen LogP contribution in [-0.2, 0) is 12.8 Å². The molecule has 0 saturated heterocycles. The first-order valence-corrected chi connectivity index (χ1v) is 5.56. The van der Waals surface area contributed by atoms with Crippen LogP contribution >= 0.6 is 0 Å². The molecular weight excluding hydrogens is 216 g/mol. The Morgan fingerprint density at radius 2 is 1.82 bits per heavy atom. The summed E-state index contributed by atoms with van der Waals surface area (Å²) < 4.78 is 10.7. The Hall–Kier alpha value is -1.73. The van der Waals surface area contributed by atoms with Gasteiger partial charge in [-0.3, -0.25) is 0 Å². The molecule has 0 spiro atoms. The van der Waals surface area contributed by atoms with Gasteiger partial charge >= 0.3 is 0 Å². The monoisotopic (exact) mass is 232 g/mol. The van der Waals surface area contributed by atoms with E-state index in [2.05, 4.69) is 6.07 Å². The Morgan fingerprint density at radius 3 is 2.35 bits per heavy atom. The van der Waals surface area contributed by atoms with Crippen molar-refractivity contribution in [1.82, 2.24) is 0 Å². The van der Waals surface area contributed by atoms with Gasteiger partial charge in [-0.05, 0) is 25.0 Å². The maximum atomic E-state index is 9.12. The minimum absolute atomic E-state index is 0.513. The van der Waals surface area contributed by atoms with Gasteiger partial charge in [0.15, 0.2) is 0 Å². The van der Waals surface area contributed by atoms with Crippen LogP contribution in [-0.4, -0.2) is 19.8 Å². The van der Waals surface area contributed by atoms with Crippen LogP contribution in [0.25, 0.3) is 0 Å². The SMILES string of the molecule is COc1ccc(OC)c2c1CCC(N)(C#N)C2. The summed E-state index contributed by atoms with van der Waals surface area (Å²) in [5, 5.41) is 9.12. The van der Waals surface area contributed by atoms with Crippen molar-refractivity contribution < 1.29 is 9.47 Å². The Kier molecular flexibility index (Phi) is 2.95. The van der Waals surface area contributed by atoms with Crippen molar-refractivity contribution >= 4 is 0 Å². The summed E-state index contributed by atoms with van der Waals surface area (Å²) in [4.78, 5) is 0. The first-order chi connectivity index (χ1) is 8.13. The number of hydrogen-bond donors (Lipinski definition) is 1. The molecule has 0 aliphatic heterocycles. The second kappa shape index (κ2) is 4.27. The van der Waals surface area contributed by atoms with Gasteiger partial charge in [0, 0.05) is 17.5 Å². The van der Waals surface area contributed by atoms with Crippen LogP contribution in [0.3, 0.4) is 0 Å². The van der Waals surface area contributed by atoms with E-state index in [1.165, 1.54) is 0 Å². The number of methoxy groups -OCH3 is 2. The van der Waals surface area contributed by atoms with E-state index in [1.807, 2.05) is 12.1 Å². The van der Waals surface area contributed by atoms with Gasteiger partial charge in [-0.15, -0.1) is 0 Å². The maximum absolute atomic E-state index is 9.12. The van der Waals surface area contributed by atoms with Crippen LogP contribution < -0.4 is 15.2 Å². The lowest BCUT2D eigenvalue weighted by atomic mass is 9.79. The summed E-state index contributed by atoms with van der Waals surface area (Å²) in [6.07, 6.45) is 1.92. The number of fused-ring (bicyclic) bond motifs is 1. The standard InChI is InChI=1S/C13H16N2O2/c1-16-11-3-4-12(17-2)10-7-13(15,8-14)6-5-9(10)11/h3-4H,5-7,15H2,1-2H3. The molecule has 0 aromatic heterocycles. The van der Waals surface area contributed by atoms with Crippen molar-refractivity contribution in [3.8, 4) is 17.6 Å². The molecule has 1 aliphatic carbocycles. The minimum atomic E-state index is -0.785. The fraction of sp³-hybridized carbons (Fsp3) is 0.462. The Balaban J connectivity index is 2.52. The van der Waals surface area contributed by atoms with Crippen LogP contribution in [0.5, 0.6) is 11.5 Å². The Morgan fingerprint density at radius 1 is 1.24 bits per heavy atom. The number of ether oxygens (including phenoxy) is 2. The number of nitrogens with zero attached hydrogens (tertiary/aromatic N) is 1. The largest absolute Gasteiger partial charge is 0.496 e. The molecule has 1 atom stereocenters. The molecule has 4 nitrogen and oxygen atoms in total. The second-order valence-corrected chi connectivity index (χ2v) is 4.37. The van der Waals surface area contributed by atoms with Gasteiger partial charge in [0.1, 0.15) is 17.0 Å². The predicted octanol–water partition coefficient (Wildman–Crippen LogP) is 1.41. The summed E-state index contributed by atoms with van der Waals surface area (Å²) >= 11 is 0. The van der Waals surface area contributed by atoms with Gasteiger partial charge < -0.3 is 15.2 Å². The number of rotatable bonds is 2. The van der Waals surface area contributed by atoms with Crippen LogP contribution in [0, 0.1) is 11.3 Å². The van der Waals surface area contributed by atoms with Crippen molar-refractivity contribution in [2.24, 2.45) is 5.73 Å². The minimum Gasteiger partial charge on any atom is -0.496 e. The third-order valence-corrected chi connectivity index (χ3v) is 3.32. The van der Waals surface area contributed by atoms with E-state index in [4.69, 9.17) is 20.5 Å². The topological polar surface area (TPSA) is 68.3 Å². The Labute approximate surface area is 101 Å². The number of nitrogens with two attached hydrogens (primary N) is 1. The lowest BCUT2D eigenvalue weighted by Gasteiger charge is -2.30. The highest BCUT2D eigenvalue weighted by Gasteiger charge is 2.33. The van der Waals surface area contributed by atoms with Gasteiger partial charge in [0.25, 0.3) is 0 Å². The zero-order valence-corrected chi connectivity index (χ0v) is 10.1. The molecule has 0 saturated carbocycles. The molecule has 0 heterocycles. The summed E-state index contributed by atoms with van der Waals surface area (Å²) in [6, 6.07) is 5.95. The number of nitriles is 1. The van der Waals surface area contributed by atoms with Crippen LogP contribution in [0.1, 0.15) is 17.5 Å². The lowest BCUT2D eigenvalue weighted by molar-refractivity contribution is 0.375. The highest BCUT2D eigenvalue weighted by atomic mass is 16.5. The molecule has 1 aromatic rings. The highest BCUT2D eigenvalue weighted by Crippen LogP contribution is 2.38. The summed E-state index contributed by atoms with van der Waals surface area (Å²) in [7, 11) is 3.28. The zero-order chi connectivity index (χ0) is 12.5. The van der Waals surface area contributed by atoms with Crippen molar-refractivity contribution in [1.29, 1.82) is 5.26 Å². The molecule has 0 bridgehead atoms. The molecular formula is C13H16N2O2. The third-order valence-electron chi connectivity index (χ3n) is 3.32. The average Bonchev–Trinajstić information content (AvgIpc) is 2.37. The van der Waals surface area contributed by atoms with Gasteiger partial charge in [-0.2, -0.15) is 5.26 Å². The first-order valence-electron chi connectivity index (χ1n) is 5.56. The van der Waals surface area contributed by atoms with Crippen molar-refractivity contribution in [2.75, 3.05) is 14.2 Å². The molecule has 2 rings (SSSR count). The van der Waals surface area contributed by atoms with E-state index in [0.717, 1.165) is 29.0 Å². The molecule has 4 heteroatoms. The van der Waals surface area contributed by atoms with Gasteiger partial charge in [-0.1, -0.05) is 0 Å². The molecule has 1 aromatic carbocycles. The van der Waals surface area contributed by atoms with Gasteiger partial charge in [-0.25, -0.2) is 0 Å². The fourth-order valence-electron chi connectivity index (χ4n) is 2.35. The van der Waals surface area contributed by atoms with E-state index in [1.54, 1.807) is 14.2 Å². The van der Waals surface area contributed by atoms with Crippen LogP contribution in [0.4, 0.5) is 0 Å². The van der Waals surface area contributed by atoms with Crippen molar-refractivity contribution in [3.05, 3.63) is 23.3 Å². The van der Waals surface area contributed by atoms with E-state index in [0.29, 0.717) is 12.8 Å². The summed E-state index contributed by atoms with van der Waals surface area (Å²) in [6.45, 7) is 0. The maximum Gasteiger partial charge on any atom is 0.122 e. The highest BCUT2D eigenvalue weighted by molar-refractivity contribution is 5.52. The Bertz CT molecular complexity index is 479. The van der Waals surface area contributed by atoms with Gasteiger partial charge in [0.05, 0.1) is 20.3 Å². The molecule has 0 fully saturated rings. The smallest absolute Gasteiger partial charge is 0.122 e. The number of benzene rings is 1. The van der Waals surface area contributed by atoms with Crippen LogP contribution in [0.2, 0.25) is 0 Å². The number of hydrogen-bond acceptors (Lipinski definition) is 4. The second-order valence-electron chi connectivity index (χ2n) is 4.37. The quantitative estimate of drug-likeness (QED) is 0.837. The summed E-state index contributed by atoms with van der Waals surface area (Å²) in [5.74, 6) is 1.63. The molecule has 90 valence electrons. The van der Waals surface area contributed by atoms with E-state index < -0.39 is 5.54 Å². The lowest BCUT2D eigenvalue weighted by Crippen LogP contribution is -2.43. The molecule has 1 aliphatic rings. The van der Waals surface area contributed by atoms with Crippen molar-refractivity contribution in [3.63, 3.8) is 0 Å². The molecule has 0 radical (unpaired) electrons. The fourth-order valence-corrected chi connectivity index (χ4v) is 2.35. The average molecular weight is 232 g/mol. The van der Waals surface area contributed by atoms with E-state index in [-0.39, 0.29) is 0 Å². The zero-order valence-electron chi connectivity index (χ0n) is 10.1.